The Kier molecular flexibility index (Phi) is 5.78. The van der Waals surface area contributed by atoms with Crippen LogP contribution in [0.15, 0.2) is 29.8 Å². The van der Waals surface area contributed by atoms with Gasteiger partial charge in [0.2, 0.25) is 0 Å². The Bertz CT molecular complexity index is 775. The fourth-order valence-corrected chi connectivity index (χ4v) is 2.02. The van der Waals surface area contributed by atoms with Crippen molar-refractivity contribution in [2.24, 2.45) is 0 Å². The summed E-state index contributed by atoms with van der Waals surface area (Å²) in [6, 6.07) is 3.47. The number of allylic oxidation sites excluding steroid dienone is 1. The zero-order valence-electron chi connectivity index (χ0n) is 12.5. The van der Waals surface area contributed by atoms with E-state index in [0.29, 0.717) is 6.92 Å². The van der Waals surface area contributed by atoms with Crippen LogP contribution in [0.5, 0.6) is 0 Å². The topological polar surface area (TPSA) is 69.7 Å². The third kappa shape index (κ3) is 4.87. The molecule has 0 saturated carbocycles. The lowest BCUT2D eigenvalue weighted by Gasteiger charge is -2.17. The molecule has 25 heavy (non-hydrogen) atoms. The minimum absolute atomic E-state index is 0.117. The van der Waals surface area contributed by atoms with Gasteiger partial charge in [0.1, 0.15) is 0 Å². The zero-order valence-corrected chi connectivity index (χ0v) is 13.3. The summed E-state index contributed by atoms with van der Waals surface area (Å²) in [5, 5.41) is 0. The van der Waals surface area contributed by atoms with Crippen molar-refractivity contribution in [3.8, 4) is 0 Å². The predicted molar refractivity (Wildman–Crippen MR) is 72.5 cm³/mol. The molecule has 0 N–H and O–H groups in total. The van der Waals surface area contributed by atoms with Gasteiger partial charge in [0.05, 0.1) is 18.2 Å². The average molecular weight is 392 g/mol. The molecule has 0 aliphatic carbocycles. The Morgan fingerprint density at radius 2 is 1.40 bits per heavy atom. The maximum absolute atomic E-state index is 12.8. The Morgan fingerprint density at radius 3 is 1.76 bits per heavy atom. The highest BCUT2D eigenvalue weighted by molar-refractivity contribution is 7.87. The second-order valence-corrected chi connectivity index (χ2v) is 6.04. The van der Waals surface area contributed by atoms with E-state index in [-0.39, 0.29) is 5.56 Å². The van der Waals surface area contributed by atoms with Gasteiger partial charge in [-0.1, -0.05) is 12.1 Å². The third-order valence-corrected chi connectivity index (χ3v) is 3.76. The van der Waals surface area contributed by atoms with Crippen molar-refractivity contribution in [2.75, 3.05) is 7.11 Å². The van der Waals surface area contributed by atoms with E-state index >= 15 is 0 Å². The van der Waals surface area contributed by atoms with Gasteiger partial charge < -0.3 is 8.92 Å². The first-order valence-electron chi connectivity index (χ1n) is 6.18. The van der Waals surface area contributed by atoms with Crippen molar-refractivity contribution < 1.29 is 48.5 Å². The highest BCUT2D eigenvalue weighted by atomic mass is 32.2. The molecule has 0 atom stereocenters. The van der Waals surface area contributed by atoms with Crippen LogP contribution in [-0.4, -0.2) is 33.2 Å². The van der Waals surface area contributed by atoms with E-state index in [9.17, 15) is 39.6 Å². The normalized spacial score (nSPS) is 13.9. The molecule has 0 aliphatic rings. The van der Waals surface area contributed by atoms with E-state index in [1.165, 1.54) is 0 Å². The summed E-state index contributed by atoms with van der Waals surface area (Å²) in [4.78, 5) is 11.3. The van der Waals surface area contributed by atoms with Crippen LogP contribution < -0.4 is 0 Å². The van der Waals surface area contributed by atoms with Crippen molar-refractivity contribution in [1.29, 1.82) is 0 Å². The number of rotatable bonds is 4. The fourth-order valence-electron chi connectivity index (χ4n) is 1.49. The van der Waals surface area contributed by atoms with E-state index in [0.717, 1.165) is 31.4 Å². The summed E-state index contributed by atoms with van der Waals surface area (Å²) >= 11 is 0. The molecule has 0 unspecified atom stereocenters. The van der Waals surface area contributed by atoms with Crippen LogP contribution in [-0.2, 0) is 19.0 Å². The first-order chi connectivity index (χ1) is 11.2. The first-order valence-corrected chi connectivity index (χ1v) is 7.59. The summed E-state index contributed by atoms with van der Waals surface area (Å²) in [6.45, 7) is 0.357. The summed E-state index contributed by atoms with van der Waals surface area (Å²) in [6.07, 6.45) is -5.16. The number of carbonyl (C=O) groups excluding carboxylic acids is 1. The van der Waals surface area contributed by atoms with Crippen LogP contribution in [0.1, 0.15) is 22.8 Å². The molecule has 140 valence electrons. The lowest BCUT2D eigenvalue weighted by Crippen LogP contribution is -2.26. The summed E-state index contributed by atoms with van der Waals surface area (Å²) in [7, 11) is -5.29. The number of hydrogen-bond acceptors (Lipinski definition) is 5. The van der Waals surface area contributed by atoms with E-state index in [2.05, 4.69) is 8.92 Å². The fraction of sp³-hybridized carbons (Fsp3) is 0.308. The molecule has 5 nitrogen and oxygen atoms in total. The van der Waals surface area contributed by atoms with Gasteiger partial charge in [0.15, 0.2) is 5.76 Å². The number of hydrogen-bond donors (Lipinski definition) is 0. The predicted octanol–water partition coefficient (Wildman–Crippen LogP) is 3.63. The maximum atomic E-state index is 12.8. The molecule has 12 heteroatoms. The molecule has 0 amide bonds. The van der Waals surface area contributed by atoms with Gasteiger partial charge in [0.25, 0.3) is 0 Å². The van der Waals surface area contributed by atoms with Crippen molar-refractivity contribution in [3.05, 3.63) is 41.0 Å². The standard InChI is InChI=1S/C13H10F6O5S/c1-7(12(14,15)16)10(24-25(21,22)13(17,18)19)8-3-5-9(6-4-8)11(20)23-2/h3-6H,1-2H3/b10-7+. The number of halogens is 6. The molecule has 0 fully saturated rings. The minimum Gasteiger partial charge on any atom is -0.465 e. The monoisotopic (exact) mass is 392 g/mol. The summed E-state index contributed by atoms with van der Waals surface area (Å²) in [5.74, 6) is -2.41. The Balaban J connectivity index is 3.48. The molecule has 1 aromatic carbocycles. The number of ether oxygens (including phenoxy) is 1. The molecule has 0 aliphatic heterocycles. The van der Waals surface area contributed by atoms with Gasteiger partial charge in [-0.15, -0.1) is 0 Å². The second-order valence-electron chi connectivity index (χ2n) is 4.50. The van der Waals surface area contributed by atoms with Gasteiger partial charge in [-0.25, -0.2) is 4.79 Å². The molecule has 1 rings (SSSR count). The van der Waals surface area contributed by atoms with Crippen molar-refractivity contribution in [1.82, 2.24) is 0 Å². The average Bonchev–Trinajstić information content (AvgIpc) is 2.49. The van der Waals surface area contributed by atoms with E-state index in [4.69, 9.17) is 0 Å². The van der Waals surface area contributed by atoms with Gasteiger partial charge in [-0.2, -0.15) is 34.8 Å². The SMILES string of the molecule is COC(=O)c1ccc(/C(OS(=O)(=O)C(F)(F)F)=C(/C)C(F)(F)F)cc1. The molecule has 1 aromatic rings. The first kappa shape index (κ1) is 20.8. The van der Waals surface area contributed by atoms with Crippen LogP contribution in [0, 0.1) is 0 Å². The second kappa shape index (κ2) is 6.94. The summed E-state index contributed by atoms with van der Waals surface area (Å²) < 4.78 is 106. The Labute approximate surface area is 138 Å². The van der Waals surface area contributed by atoms with Crippen LogP contribution in [0.4, 0.5) is 26.3 Å². The third-order valence-electron chi connectivity index (χ3n) is 2.81. The van der Waals surface area contributed by atoms with Crippen LogP contribution in [0.3, 0.4) is 0 Å². The van der Waals surface area contributed by atoms with E-state index in [1.54, 1.807) is 0 Å². The number of esters is 1. The van der Waals surface area contributed by atoms with E-state index in [1.807, 2.05) is 0 Å². The highest BCUT2D eigenvalue weighted by Gasteiger charge is 2.50. The van der Waals surface area contributed by atoms with Crippen molar-refractivity contribution in [3.63, 3.8) is 0 Å². The zero-order chi connectivity index (χ0) is 19.6. The van der Waals surface area contributed by atoms with Crippen molar-refractivity contribution in [2.45, 2.75) is 18.6 Å². The summed E-state index contributed by atoms with van der Waals surface area (Å²) in [5.41, 5.74) is -8.37. The quantitative estimate of drug-likeness (QED) is 0.257. The van der Waals surface area contributed by atoms with Crippen LogP contribution in [0.2, 0.25) is 0 Å². The van der Waals surface area contributed by atoms with Gasteiger partial charge >= 0.3 is 27.8 Å². The van der Waals surface area contributed by atoms with Crippen LogP contribution >= 0.6 is 0 Å². The van der Waals surface area contributed by atoms with E-state index < -0.39 is 44.7 Å². The minimum atomic E-state index is -6.33. The molecular formula is C13H10F6O5S. The maximum Gasteiger partial charge on any atom is 0.534 e. The number of benzene rings is 1. The van der Waals surface area contributed by atoms with Gasteiger partial charge in [-0.3, -0.25) is 0 Å². The Hall–Kier alpha value is -2.24. The highest BCUT2D eigenvalue weighted by Crippen LogP contribution is 2.36. The molecule has 0 heterocycles. The number of alkyl halides is 6. The smallest absolute Gasteiger partial charge is 0.465 e. The lowest BCUT2D eigenvalue weighted by molar-refractivity contribution is -0.0920. The number of methoxy groups -OCH3 is 1. The lowest BCUT2D eigenvalue weighted by atomic mass is 10.1. The van der Waals surface area contributed by atoms with Crippen LogP contribution in [0.25, 0.3) is 5.76 Å². The molecular weight excluding hydrogens is 382 g/mol. The largest absolute Gasteiger partial charge is 0.534 e. The molecule has 0 aromatic heterocycles. The molecule has 0 saturated heterocycles. The Morgan fingerprint density at radius 1 is 0.960 bits per heavy atom. The molecule has 0 radical (unpaired) electrons. The van der Waals surface area contributed by atoms with Crippen molar-refractivity contribution >= 4 is 21.8 Å². The number of carbonyl (C=O) groups is 1. The van der Waals surface area contributed by atoms with Gasteiger partial charge in [0, 0.05) is 5.56 Å². The van der Waals surface area contributed by atoms with Gasteiger partial charge in [-0.05, 0) is 19.1 Å². The molecule has 0 bridgehead atoms. The molecule has 0 spiro atoms.